The lowest BCUT2D eigenvalue weighted by Crippen LogP contribution is -2.43. The van der Waals surface area contributed by atoms with Gasteiger partial charge < -0.3 is 14.8 Å². The number of Topliss-reactive ketones (excluding diaryl/α,β-unsaturated/α-hetero) is 1. The monoisotopic (exact) mass is 401 g/mol. The van der Waals surface area contributed by atoms with Crippen LogP contribution in [0.25, 0.3) is 0 Å². The minimum absolute atomic E-state index is 0.169. The van der Waals surface area contributed by atoms with Crippen molar-refractivity contribution >= 4 is 29.4 Å². The molecule has 0 saturated heterocycles. The molecule has 0 bridgehead atoms. The van der Waals surface area contributed by atoms with E-state index >= 15 is 0 Å². The number of methoxy groups -OCH3 is 1. The van der Waals surface area contributed by atoms with Crippen LogP contribution in [0.3, 0.4) is 0 Å². The quantitative estimate of drug-likeness (QED) is 0.514. The van der Waals surface area contributed by atoms with Crippen LogP contribution in [-0.2, 0) is 20.7 Å². The van der Waals surface area contributed by atoms with Gasteiger partial charge in [-0.3, -0.25) is 9.59 Å². The number of carbonyl (C=O) groups excluding carboxylic acids is 3. The van der Waals surface area contributed by atoms with E-state index in [2.05, 4.69) is 5.32 Å². The number of nitrogens with one attached hydrogen (secondary N) is 1. The summed E-state index contributed by atoms with van der Waals surface area (Å²) in [6.07, 6.45) is 2.29. The maximum Gasteiger partial charge on any atom is 0.342 e. The number of hydrogen-bond donors (Lipinski definition) is 1. The van der Waals surface area contributed by atoms with E-state index < -0.39 is 24.5 Å². The lowest BCUT2D eigenvalue weighted by molar-refractivity contribution is -0.128. The van der Waals surface area contributed by atoms with Crippen molar-refractivity contribution in [2.45, 2.75) is 24.3 Å². The van der Waals surface area contributed by atoms with Gasteiger partial charge in [0.2, 0.25) is 0 Å². The number of carbonyl (C=O) groups is 3. The molecule has 0 aliphatic heterocycles. The van der Waals surface area contributed by atoms with E-state index in [4.69, 9.17) is 9.47 Å². The molecule has 6 nitrogen and oxygen atoms in total. The van der Waals surface area contributed by atoms with Gasteiger partial charge in [-0.1, -0.05) is 30.3 Å². The maximum atomic E-state index is 12.3. The fourth-order valence-electron chi connectivity index (χ4n) is 2.56. The second-order valence-corrected chi connectivity index (χ2v) is 6.94. The highest BCUT2D eigenvalue weighted by atomic mass is 32.2. The summed E-state index contributed by atoms with van der Waals surface area (Å²) in [5.41, 5.74) is 1.17. The second-order valence-electron chi connectivity index (χ2n) is 6.06. The first-order valence-electron chi connectivity index (χ1n) is 8.67. The largest absolute Gasteiger partial charge is 0.496 e. The van der Waals surface area contributed by atoms with E-state index in [1.54, 1.807) is 18.2 Å². The fraction of sp³-hybridized carbons (Fsp3) is 0.286. The molecule has 0 aromatic heterocycles. The van der Waals surface area contributed by atoms with Gasteiger partial charge in [0.25, 0.3) is 5.91 Å². The molecule has 0 aliphatic carbocycles. The standard InChI is InChI=1S/C21H23NO5S/c1-14(23)18(11-15-7-5-4-6-8-15)22-20(24)13-27-21(25)17-10-9-16(28-3)12-19(17)26-2/h4-10,12,18H,11,13H2,1-3H3,(H,22,24)/t18-/m1/s1. The lowest BCUT2D eigenvalue weighted by atomic mass is 10.0. The van der Waals surface area contributed by atoms with E-state index in [1.807, 2.05) is 36.6 Å². The van der Waals surface area contributed by atoms with Crippen LogP contribution < -0.4 is 10.1 Å². The number of esters is 1. The first-order valence-corrected chi connectivity index (χ1v) is 9.90. The van der Waals surface area contributed by atoms with Crippen molar-refractivity contribution in [3.05, 3.63) is 59.7 Å². The zero-order chi connectivity index (χ0) is 20.5. The highest BCUT2D eigenvalue weighted by Gasteiger charge is 2.20. The van der Waals surface area contributed by atoms with Crippen molar-refractivity contribution < 1.29 is 23.9 Å². The molecule has 148 valence electrons. The molecular weight excluding hydrogens is 378 g/mol. The van der Waals surface area contributed by atoms with Gasteiger partial charge in [-0.2, -0.15) is 0 Å². The number of ether oxygens (including phenoxy) is 2. The Hall–Kier alpha value is -2.80. The Morgan fingerprint density at radius 1 is 1.11 bits per heavy atom. The molecule has 2 rings (SSSR count). The maximum absolute atomic E-state index is 12.3. The molecular formula is C21H23NO5S. The first kappa shape index (κ1) is 21.5. The van der Waals surface area contributed by atoms with Crippen molar-refractivity contribution in [1.82, 2.24) is 5.32 Å². The van der Waals surface area contributed by atoms with Crippen molar-refractivity contribution in [3.8, 4) is 5.75 Å². The molecule has 0 fully saturated rings. The lowest BCUT2D eigenvalue weighted by Gasteiger charge is -2.16. The molecule has 7 heteroatoms. The Morgan fingerprint density at radius 2 is 1.82 bits per heavy atom. The highest BCUT2D eigenvalue weighted by Crippen LogP contribution is 2.25. The van der Waals surface area contributed by atoms with Crippen LogP contribution in [0.2, 0.25) is 0 Å². The molecule has 0 aliphatic rings. The van der Waals surface area contributed by atoms with Crippen LogP contribution in [0.5, 0.6) is 5.75 Å². The van der Waals surface area contributed by atoms with E-state index in [9.17, 15) is 14.4 Å². The Labute approximate surface area is 168 Å². The summed E-state index contributed by atoms with van der Waals surface area (Å²) in [5.74, 6) is -0.993. The molecule has 0 unspecified atom stereocenters. The second kappa shape index (κ2) is 10.5. The Morgan fingerprint density at radius 3 is 2.43 bits per heavy atom. The summed E-state index contributed by atoms with van der Waals surface area (Å²) >= 11 is 1.52. The van der Waals surface area contributed by atoms with E-state index in [1.165, 1.54) is 25.8 Å². The topological polar surface area (TPSA) is 81.7 Å². The number of rotatable bonds is 9. The van der Waals surface area contributed by atoms with Gasteiger partial charge in [-0.05, 0) is 43.4 Å². The van der Waals surface area contributed by atoms with E-state index in [0.717, 1.165) is 10.5 Å². The summed E-state index contributed by atoms with van der Waals surface area (Å²) in [7, 11) is 1.46. The third kappa shape index (κ3) is 6.13. The van der Waals surface area contributed by atoms with Crippen molar-refractivity contribution in [1.29, 1.82) is 0 Å². The van der Waals surface area contributed by atoms with Crippen LogP contribution in [0.15, 0.2) is 53.4 Å². The molecule has 2 aromatic rings. The van der Waals surface area contributed by atoms with Gasteiger partial charge in [0.15, 0.2) is 12.4 Å². The predicted octanol–water partition coefficient (Wildman–Crippen LogP) is 2.89. The Balaban J connectivity index is 1.95. The molecule has 0 heterocycles. The van der Waals surface area contributed by atoms with Crippen molar-refractivity contribution in [3.63, 3.8) is 0 Å². The Kier molecular flexibility index (Phi) is 8.07. The summed E-state index contributed by atoms with van der Waals surface area (Å²) in [6.45, 7) is 0.933. The summed E-state index contributed by atoms with van der Waals surface area (Å²) in [6, 6.07) is 13.8. The predicted molar refractivity (Wildman–Crippen MR) is 108 cm³/mol. The average Bonchev–Trinajstić information content (AvgIpc) is 2.71. The number of benzene rings is 2. The van der Waals surface area contributed by atoms with Crippen LogP contribution in [0.4, 0.5) is 0 Å². The number of hydrogen-bond acceptors (Lipinski definition) is 6. The summed E-state index contributed by atoms with van der Waals surface area (Å²) < 4.78 is 10.3. The molecule has 1 atom stereocenters. The Bertz CT molecular complexity index is 838. The highest BCUT2D eigenvalue weighted by molar-refractivity contribution is 7.98. The minimum Gasteiger partial charge on any atom is -0.496 e. The van der Waals surface area contributed by atoms with Crippen LogP contribution in [0, 0.1) is 0 Å². The number of amides is 1. The average molecular weight is 401 g/mol. The molecule has 1 amide bonds. The molecule has 1 N–H and O–H groups in total. The molecule has 0 spiro atoms. The van der Waals surface area contributed by atoms with Gasteiger partial charge in [-0.25, -0.2) is 4.79 Å². The summed E-state index contributed by atoms with van der Waals surface area (Å²) in [4.78, 5) is 37.2. The van der Waals surface area contributed by atoms with Crippen molar-refractivity contribution in [2.75, 3.05) is 20.0 Å². The first-order chi connectivity index (χ1) is 13.4. The minimum atomic E-state index is -0.677. The van der Waals surface area contributed by atoms with Crippen LogP contribution in [-0.4, -0.2) is 43.7 Å². The van der Waals surface area contributed by atoms with Crippen molar-refractivity contribution in [2.24, 2.45) is 0 Å². The SMILES string of the molecule is COc1cc(SC)ccc1C(=O)OCC(=O)N[C@H](Cc1ccccc1)C(C)=O. The van der Waals surface area contributed by atoms with Gasteiger partial charge >= 0.3 is 5.97 Å². The molecule has 2 aromatic carbocycles. The van der Waals surface area contributed by atoms with Gasteiger partial charge in [-0.15, -0.1) is 11.8 Å². The molecule has 28 heavy (non-hydrogen) atoms. The third-order valence-corrected chi connectivity index (χ3v) is 4.80. The van der Waals surface area contributed by atoms with E-state index in [-0.39, 0.29) is 11.3 Å². The number of ketones is 1. The fourth-order valence-corrected chi connectivity index (χ4v) is 2.99. The zero-order valence-electron chi connectivity index (χ0n) is 16.1. The normalized spacial score (nSPS) is 11.4. The molecule has 0 radical (unpaired) electrons. The summed E-state index contributed by atoms with van der Waals surface area (Å²) in [5, 5.41) is 2.62. The van der Waals surface area contributed by atoms with Crippen LogP contribution >= 0.6 is 11.8 Å². The van der Waals surface area contributed by atoms with Gasteiger partial charge in [0.1, 0.15) is 11.3 Å². The smallest absolute Gasteiger partial charge is 0.342 e. The van der Waals surface area contributed by atoms with Crippen LogP contribution in [0.1, 0.15) is 22.8 Å². The number of thioether (sulfide) groups is 1. The third-order valence-electron chi connectivity index (χ3n) is 4.07. The molecule has 0 saturated carbocycles. The van der Waals surface area contributed by atoms with Gasteiger partial charge in [0.05, 0.1) is 13.2 Å². The van der Waals surface area contributed by atoms with E-state index in [0.29, 0.717) is 12.2 Å². The van der Waals surface area contributed by atoms with Gasteiger partial charge in [0, 0.05) is 4.90 Å². The zero-order valence-corrected chi connectivity index (χ0v) is 16.9.